The molecule has 1 saturated heterocycles. The van der Waals surface area contributed by atoms with Crippen molar-refractivity contribution in [2.24, 2.45) is 11.1 Å². The molecule has 0 spiro atoms. The largest absolute Gasteiger partial charge is 0.379 e. The van der Waals surface area contributed by atoms with Gasteiger partial charge < -0.3 is 15.8 Å². The molecule has 3 N–H and O–H groups in total. The zero-order valence-electron chi connectivity index (χ0n) is 13.1. The van der Waals surface area contributed by atoms with Crippen molar-refractivity contribution in [3.05, 3.63) is 0 Å². The summed E-state index contributed by atoms with van der Waals surface area (Å²) in [6, 6.07) is -0.00556. The van der Waals surface area contributed by atoms with E-state index in [-0.39, 0.29) is 22.9 Å². The summed E-state index contributed by atoms with van der Waals surface area (Å²) in [5.41, 5.74) is 5.68. The van der Waals surface area contributed by atoms with Crippen LogP contribution in [0.4, 0.5) is 0 Å². The molecule has 0 aromatic rings. The highest BCUT2D eigenvalue weighted by Crippen LogP contribution is 2.36. The van der Waals surface area contributed by atoms with E-state index in [4.69, 9.17) is 10.5 Å². The number of nitrogens with two attached hydrogens (primary N) is 1. The number of nitrogens with zero attached hydrogens (tertiary/aromatic N) is 1. The first-order valence-electron chi connectivity index (χ1n) is 7.73. The maximum atomic E-state index is 12.5. The van der Waals surface area contributed by atoms with Crippen molar-refractivity contribution in [1.82, 2.24) is 10.2 Å². The normalized spacial score (nSPS) is 32.3. The molecule has 2 fully saturated rings. The summed E-state index contributed by atoms with van der Waals surface area (Å²) in [4.78, 5) is 14.9. The van der Waals surface area contributed by atoms with Gasteiger partial charge in [-0.1, -0.05) is 6.42 Å². The molecule has 2 atom stereocenters. The lowest BCUT2D eigenvalue weighted by Crippen LogP contribution is -2.57. The number of carbonyl (C=O) groups excluding carboxylic acids is 1. The summed E-state index contributed by atoms with van der Waals surface area (Å²) >= 11 is 0. The summed E-state index contributed by atoms with van der Waals surface area (Å²) in [5, 5.41) is 3.13. The molecule has 1 amide bonds. The number of hydrogen-bond donors (Lipinski definition) is 2. The van der Waals surface area contributed by atoms with Crippen LogP contribution in [-0.2, 0) is 9.53 Å². The molecule has 2 aliphatic rings. The van der Waals surface area contributed by atoms with Gasteiger partial charge in [-0.05, 0) is 33.6 Å². The summed E-state index contributed by atoms with van der Waals surface area (Å²) < 4.78 is 5.39. The third-order valence-electron chi connectivity index (χ3n) is 5.10. The summed E-state index contributed by atoms with van der Waals surface area (Å²) in [6.07, 6.45) is 2.91. The minimum absolute atomic E-state index is 0.00556. The fraction of sp³-hybridized carbons (Fsp3) is 0.933. The number of carbonyl (C=O) groups is 1. The summed E-state index contributed by atoms with van der Waals surface area (Å²) in [7, 11) is 0. The van der Waals surface area contributed by atoms with Crippen LogP contribution in [0.5, 0.6) is 0 Å². The van der Waals surface area contributed by atoms with Crippen LogP contribution in [0, 0.1) is 5.41 Å². The first-order chi connectivity index (χ1) is 9.36. The van der Waals surface area contributed by atoms with Crippen molar-refractivity contribution in [2.75, 3.05) is 32.8 Å². The van der Waals surface area contributed by atoms with Gasteiger partial charge in [-0.25, -0.2) is 0 Å². The Bertz CT molecular complexity index is 353. The second-order valence-corrected chi connectivity index (χ2v) is 7.01. The second-order valence-electron chi connectivity index (χ2n) is 7.01. The quantitative estimate of drug-likeness (QED) is 0.798. The molecule has 0 bridgehead atoms. The Kier molecular flexibility index (Phi) is 4.72. The topological polar surface area (TPSA) is 67.6 Å². The van der Waals surface area contributed by atoms with Crippen LogP contribution in [0.2, 0.25) is 0 Å². The highest BCUT2D eigenvalue weighted by atomic mass is 16.5. The van der Waals surface area contributed by atoms with E-state index in [1.54, 1.807) is 0 Å². The molecular weight excluding hydrogens is 254 g/mol. The van der Waals surface area contributed by atoms with E-state index in [1.165, 1.54) is 0 Å². The van der Waals surface area contributed by atoms with E-state index < -0.39 is 0 Å². The van der Waals surface area contributed by atoms with Gasteiger partial charge in [0.05, 0.1) is 18.6 Å². The number of amides is 1. The van der Waals surface area contributed by atoms with Crippen LogP contribution in [0.25, 0.3) is 0 Å². The van der Waals surface area contributed by atoms with Crippen molar-refractivity contribution < 1.29 is 9.53 Å². The Morgan fingerprint density at radius 2 is 2.10 bits per heavy atom. The van der Waals surface area contributed by atoms with Crippen molar-refractivity contribution in [2.45, 2.75) is 51.6 Å². The third-order valence-corrected chi connectivity index (χ3v) is 5.10. The number of morpholine rings is 1. The van der Waals surface area contributed by atoms with Gasteiger partial charge in [-0.3, -0.25) is 9.69 Å². The van der Waals surface area contributed by atoms with Gasteiger partial charge in [0.2, 0.25) is 5.91 Å². The molecular formula is C15H29N3O2. The number of ether oxygens (including phenoxy) is 1. The molecule has 1 heterocycles. The van der Waals surface area contributed by atoms with Crippen LogP contribution in [0.3, 0.4) is 0 Å². The Labute approximate surface area is 122 Å². The molecule has 5 heteroatoms. The average Bonchev–Trinajstić information content (AvgIpc) is 2.78. The van der Waals surface area contributed by atoms with Crippen molar-refractivity contribution in [1.29, 1.82) is 0 Å². The monoisotopic (exact) mass is 283 g/mol. The Morgan fingerprint density at radius 3 is 2.65 bits per heavy atom. The van der Waals surface area contributed by atoms with Gasteiger partial charge in [0.1, 0.15) is 0 Å². The Morgan fingerprint density at radius 1 is 1.45 bits per heavy atom. The lowest BCUT2D eigenvalue weighted by atomic mass is 9.84. The second kappa shape index (κ2) is 6.00. The summed E-state index contributed by atoms with van der Waals surface area (Å²) in [5.74, 6) is 0.115. The molecule has 0 radical (unpaired) electrons. The fourth-order valence-corrected chi connectivity index (χ4v) is 3.25. The van der Waals surface area contributed by atoms with E-state index in [2.05, 4.69) is 24.1 Å². The SMILES string of the molecule is CC1(C(=O)NCC(C)(C)N2CCOCC2)CCCC1N. The van der Waals surface area contributed by atoms with E-state index in [0.717, 1.165) is 45.6 Å². The maximum Gasteiger partial charge on any atom is 0.227 e. The van der Waals surface area contributed by atoms with Crippen LogP contribution in [-0.4, -0.2) is 55.2 Å². The number of rotatable bonds is 4. The van der Waals surface area contributed by atoms with Gasteiger partial charge >= 0.3 is 0 Å². The van der Waals surface area contributed by atoms with Crippen molar-refractivity contribution in [3.8, 4) is 0 Å². The highest BCUT2D eigenvalue weighted by molar-refractivity contribution is 5.83. The predicted molar refractivity (Wildman–Crippen MR) is 79.4 cm³/mol. The van der Waals surface area contributed by atoms with Gasteiger partial charge in [0, 0.05) is 31.2 Å². The minimum Gasteiger partial charge on any atom is -0.379 e. The molecule has 1 aliphatic heterocycles. The van der Waals surface area contributed by atoms with E-state index in [9.17, 15) is 4.79 Å². The predicted octanol–water partition coefficient (Wildman–Crippen LogP) is 0.731. The molecule has 2 unspecified atom stereocenters. The zero-order valence-corrected chi connectivity index (χ0v) is 13.1. The minimum atomic E-state index is -0.388. The molecule has 1 saturated carbocycles. The lowest BCUT2D eigenvalue weighted by Gasteiger charge is -2.41. The van der Waals surface area contributed by atoms with Gasteiger partial charge in [0.25, 0.3) is 0 Å². The molecule has 116 valence electrons. The first-order valence-corrected chi connectivity index (χ1v) is 7.73. The third kappa shape index (κ3) is 3.15. The molecule has 1 aliphatic carbocycles. The van der Waals surface area contributed by atoms with Crippen LogP contribution < -0.4 is 11.1 Å². The lowest BCUT2D eigenvalue weighted by molar-refractivity contribution is -0.131. The maximum absolute atomic E-state index is 12.5. The molecule has 20 heavy (non-hydrogen) atoms. The Hall–Kier alpha value is -0.650. The molecule has 5 nitrogen and oxygen atoms in total. The molecule has 0 aromatic carbocycles. The molecule has 0 aromatic heterocycles. The van der Waals surface area contributed by atoms with Gasteiger partial charge in [0.15, 0.2) is 0 Å². The van der Waals surface area contributed by atoms with E-state index in [1.807, 2.05) is 6.92 Å². The molecule has 2 rings (SSSR count). The van der Waals surface area contributed by atoms with E-state index in [0.29, 0.717) is 6.54 Å². The van der Waals surface area contributed by atoms with E-state index >= 15 is 0 Å². The van der Waals surface area contributed by atoms with Crippen LogP contribution >= 0.6 is 0 Å². The van der Waals surface area contributed by atoms with Crippen LogP contribution in [0.1, 0.15) is 40.0 Å². The van der Waals surface area contributed by atoms with Crippen molar-refractivity contribution >= 4 is 5.91 Å². The summed E-state index contributed by atoms with van der Waals surface area (Å²) in [6.45, 7) is 10.4. The zero-order chi connectivity index (χ0) is 14.8. The standard InChI is InChI=1S/C15H29N3O2/c1-14(2,18-7-9-20-10-8-18)11-17-13(19)15(3)6-4-5-12(15)16/h12H,4-11,16H2,1-3H3,(H,17,19). The smallest absolute Gasteiger partial charge is 0.227 e. The first kappa shape index (κ1) is 15.7. The number of hydrogen-bond acceptors (Lipinski definition) is 4. The Balaban J connectivity index is 1.88. The van der Waals surface area contributed by atoms with Crippen LogP contribution in [0.15, 0.2) is 0 Å². The number of nitrogens with one attached hydrogen (secondary N) is 1. The van der Waals surface area contributed by atoms with Gasteiger partial charge in [-0.15, -0.1) is 0 Å². The highest BCUT2D eigenvalue weighted by Gasteiger charge is 2.43. The fourth-order valence-electron chi connectivity index (χ4n) is 3.25. The average molecular weight is 283 g/mol. The van der Waals surface area contributed by atoms with Crippen molar-refractivity contribution in [3.63, 3.8) is 0 Å². The van der Waals surface area contributed by atoms with Gasteiger partial charge in [-0.2, -0.15) is 0 Å².